The number of aromatic nitrogens is 4. The molecule has 0 spiro atoms. The van der Waals surface area contributed by atoms with E-state index in [1.165, 1.54) is 27.1 Å². The van der Waals surface area contributed by atoms with Crippen molar-refractivity contribution in [1.29, 1.82) is 0 Å². The van der Waals surface area contributed by atoms with Crippen LogP contribution in [0.1, 0.15) is 0 Å². The maximum Gasteiger partial charge on any atom is 0.221 e. The van der Waals surface area contributed by atoms with E-state index in [0.29, 0.717) is 0 Å². The maximum atomic E-state index is 6.39. The molecule has 0 saturated heterocycles. The molecule has 0 aliphatic rings. The van der Waals surface area contributed by atoms with E-state index in [4.69, 9.17) is 14.4 Å². The highest BCUT2D eigenvalue weighted by atomic mass is 16.3. The lowest BCUT2D eigenvalue weighted by Crippen LogP contribution is -2.06. The number of hydrogen-bond donors (Lipinski definition) is 0. The van der Waals surface area contributed by atoms with Crippen LogP contribution < -0.4 is 0 Å². The summed E-state index contributed by atoms with van der Waals surface area (Å²) in [6, 6.07) is 60.1. The van der Waals surface area contributed by atoms with Gasteiger partial charge in [0.15, 0.2) is 0 Å². The zero-order chi connectivity index (χ0) is 34.6. The molecular formula is C48H28N4O. The summed E-state index contributed by atoms with van der Waals surface area (Å²) >= 11 is 0. The van der Waals surface area contributed by atoms with E-state index >= 15 is 0 Å². The van der Waals surface area contributed by atoms with Gasteiger partial charge in [0.1, 0.15) is 16.8 Å². The normalized spacial score (nSPS) is 12.2. The molecule has 4 aromatic heterocycles. The van der Waals surface area contributed by atoms with Crippen molar-refractivity contribution in [3.05, 3.63) is 170 Å². The van der Waals surface area contributed by atoms with Crippen LogP contribution in [-0.2, 0) is 0 Å². The number of nitrogens with zero attached hydrogens (tertiary/aromatic N) is 4. The van der Waals surface area contributed by atoms with Gasteiger partial charge < -0.3 is 4.42 Å². The topological polar surface area (TPSA) is 48.3 Å². The molecule has 0 saturated carbocycles. The van der Waals surface area contributed by atoms with Gasteiger partial charge in [-0.05, 0) is 64.5 Å². The fourth-order valence-corrected chi connectivity index (χ4v) is 8.55. The van der Waals surface area contributed by atoms with Crippen molar-refractivity contribution in [2.75, 3.05) is 0 Å². The van der Waals surface area contributed by atoms with Gasteiger partial charge in [0.25, 0.3) is 0 Å². The quantitative estimate of drug-likeness (QED) is 0.187. The Morgan fingerprint density at radius 1 is 0.415 bits per heavy atom. The molecule has 0 N–H and O–H groups in total. The zero-order valence-corrected chi connectivity index (χ0v) is 28.4. The van der Waals surface area contributed by atoms with Gasteiger partial charge in [0.05, 0.1) is 27.6 Å². The molecule has 4 heterocycles. The first-order chi connectivity index (χ1) is 26.3. The minimum absolute atomic E-state index is 0.820. The maximum absolute atomic E-state index is 6.39. The number of para-hydroxylation sites is 6. The molecule has 8 aromatic carbocycles. The average Bonchev–Trinajstić information content (AvgIpc) is 3.91. The van der Waals surface area contributed by atoms with E-state index in [0.717, 1.165) is 83.2 Å². The Morgan fingerprint density at radius 3 is 1.87 bits per heavy atom. The molecule has 0 radical (unpaired) electrons. The Hall–Kier alpha value is -7.24. The van der Waals surface area contributed by atoms with E-state index in [-0.39, 0.29) is 0 Å². The van der Waals surface area contributed by atoms with E-state index in [1.54, 1.807) is 0 Å². The summed E-state index contributed by atoms with van der Waals surface area (Å²) in [5, 5.41) is 8.01. The lowest BCUT2D eigenvalue weighted by Gasteiger charge is -2.15. The molecule has 0 aliphatic carbocycles. The highest BCUT2D eigenvalue weighted by Crippen LogP contribution is 2.43. The van der Waals surface area contributed by atoms with Crippen LogP contribution >= 0.6 is 0 Å². The molecule has 0 aliphatic heterocycles. The molecule has 0 fully saturated rings. The smallest absolute Gasteiger partial charge is 0.221 e. The van der Waals surface area contributed by atoms with Crippen molar-refractivity contribution in [2.24, 2.45) is 0 Å². The van der Waals surface area contributed by atoms with Crippen LogP contribution in [0.3, 0.4) is 0 Å². The van der Waals surface area contributed by atoms with Crippen LogP contribution in [0.15, 0.2) is 174 Å². The summed E-state index contributed by atoms with van der Waals surface area (Å²) in [5.41, 5.74) is 12.4. The van der Waals surface area contributed by atoms with Crippen LogP contribution in [0.25, 0.3) is 110 Å². The van der Waals surface area contributed by atoms with Gasteiger partial charge in [-0.25, -0.2) is 9.97 Å². The van der Waals surface area contributed by atoms with Crippen molar-refractivity contribution in [3.8, 4) is 28.2 Å². The molecule has 0 unspecified atom stereocenters. The first-order valence-corrected chi connectivity index (χ1v) is 17.9. The molecule has 0 bridgehead atoms. The van der Waals surface area contributed by atoms with Gasteiger partial charge in [0, 0.05) is 37.9 Å². The van der Waals surface area contributed by atoms with E-state index in [9.17, 15) is 0 Å². The number of hydrogen-bond acceptors (Lipinski definition) is 3. The van der Waals surface area contributed by atoms with Crippen LogP contribution in [0, 0.1) is 0 Å². The van der Waals surface area contributed by atoms with Gasteiger partial charge in [-0.15, -0.1) is 0 Å². The van der Waals surface area contributed by atoms with Crippen LogP contribution in [-0.4, -0.2) is 18.9 Å². The van der Waals surface area contributed by atoms with E-state index < -0.39 is 0 Å². The van der Waals surface area contributed by atoms with Crippen molar-refractivity contribution in [1.82, 2.24) is 18.9 Å². The minimum atomic E-state index is 0.820. The molecular weight excluding hydrogens is 649 g/mol. The molecule has 12 aromatic rings. The van der Waals surface area contributed by atoms with Crippen molar-refractivity contribution >= 4 is 82.1 Å². The predicted molar refractivity (Wildman–Crippen MR) is 218 cm³/mol. The molecule has 246 valence electrons. The van der Waals surface area contributed by atoms with Gasteiger partial charge in [-0.1, -0.05) is 127 Å². The highest BCUT2D eigenvalue weighted by Gasteiger charge is 2.22. The average molecular weight is 677 g/mol. The van der Waals surface area contributed by atoms with Gasteiger partial charge >= 0.3 is 0 Å². The first-order valence-electron chi connectivity index (χ1n) is 17.9. The second kappa shape index (κ2) is 10.6. The summed E-state index contributed by atoms with van der Waals surface area (Å²) in [6.45, 7) is 0. The Kier molecular flexibility index (Phi) is 5.71. The highest BCUT2D eigenvalue weighted by molar-refractivity contribution is 6.22. The summed E-state index contributed by atoms with van der Waals surface area (Å²) < 4.78 is 11.0. The molecule has 0 amide bonds. The summed E-state index contributed by atoms with van der Waals surface area (Å²) in [4.78, 5) is 10.6. The lowest BCUT2D eigenvalue weighted by atomic mass is 9.93. The third kappa shape index (κ3) is 3.96. The number of benzene rings is 8. The minimum Gasteiger partial charge on any atom is -0.455 e. The Balaban J connectivity index is 1.12. The molecule has 53 heavy (non-hydrogen) atoms. The van der Waals surface area contributed by atoms with E-state index in [2.05, 4.69) is 155 Å². The summed E-state index contributed by atoms with van der Waals surface area (Å²) in [7, 11) is 0. The Labute approximate surface area is 302 Å². The number of imidazole rings is 1. The Morgan fingerprint density at radius 2 is 1.04 bits per heavy atom. The Bertz CT molecular complexity index is 3460. The monoisotopic (exact) mass is 676 g/mol. The fraction of sp³-hybridized carbons (Fsp3) is 0. The number of fused-ring (bicyclic) bond motifs is 13. The van der Waals surface area contributed by atoms with Gasteiger partial charge in [0.2, 0.25) is 5.95 Å². The first kappa shape index (κ1) is 28.5. The van der Waals surface area contributed by atoms with Gasteiger partial charge in [-0.2, -0.15) is 0 Å². The SMILES string of the molecule is c1ccc2c(c1)nc(-n1c3ccccc3c3cc(-c4ccc(-c5cccc6c5oc5ccccc56)cc4)c4ccccc4c31)n1c3ccccc3nc21. The zero-order valence-electron chi connectivity index (χ0n) is 28.4. The molecule has 0 atom stereocenters. The predicted octanol–water partition coefficient (Wildman–Crippen LogP) is 12.5. The van der Waals surface area contributed by atoms with Crippen LogP contribution in [0.4, 0.5) is 0 Å². The van der Waals surface area contributed by atoms with Crippen LogP contribution in [0.5, 0.6) is 0 Å². The molecule has 12 rings (SSSR count). The molecule has 5 heteroatoms. The van der Waals surface area contributed by atoms with E-state index in [1.807, 2.05) is 24.3 Å². The lowest BCUT2D eigenvalue weighted by molar-refractivity contribution is 0.670. The van der Waals surface area contributed by atoms with Crippen LogP contribution in [0.2, 0.25) is 0 Å². The second-order valence-electron chi connectivity index (χ2n) is 13.8. The third-order valence-electron chi connectivity index (χ3n) is 10.9. The third-order valence-corrected chi connectivity index (χ3v) is 10.9. The number of rotatable bonds is 3. The fourth-order valence-electron chi connectivity index (χ4n) is 8.55. The summed E-state index contributed by atoms with van der Waals surface area (Å²) in [5.74, 6) is 0.820. The van der Waals surface area contributed by atoms with Crippen molar-refractivity contribution in [3.63, 3.8) is 0 Å². The molecule has 5 nitrogen and oxygen atoms in total. The summed E-state index contributed by atoms with van der Waals surface area (Å²) in [6.07, 6.45) is 0. The van der Waals surface area contributed by atoms with Gasteiger partial charge in [-0.3, -0.25) is 8.97 Å². The van der Waals surface area contributed by atoms with Crippen molar-refractivity contribution in [2.45, 2.75) is 0 Å². The largest absolute Gasteiger partial charge is 0.455 e. The standard InChI is InChI=1S/C48H28N4O/c1-2-15-35-32(12-1)38(30-26-24-29(25-27-30)31-17-11-18-36-34-14-5-10-23-44(34)53-46(31)36)28-39-33-13-4-8-21-42(33)51(45(35)39)48-50-40-19-6-3-16-37(40)47-49-41-20-7-9-22-43(41)52(47)48/h1-28H. The van der Waals surface area contributed by atoms with Crippen molar-refractivity contribution < 1.29 is 4.42 Å². The number of furan rings is 1. The second-order valence-corrected chi connectivity index (χ2v) is 13.8.